The SMILES string of the molecule is CCCN(C)c1cccc(OC)c1C(C)NCC. The van der Waals surface area contributed by atoms with Gasteiger partial charge in [-0.15, -0.1) is 0 Å². The zero-order chi connectivity index (χ0) is 13.5. The van der Waals surface area contributed by atoms with Gasteiger partial charge in [-0.3, -0.25) is 0 Å². The van der Waals surface area contributed by atoms with E-state index in [0.29, 0.717) is 6.04 Å². The van der Waals surface area contributed by atoms with Gasteiger partial charge in [-0.1, -0.05) is 19.9 Å². The van der Waals surface area contributed by atoms with Crippen molar-refractivity contribution in [1.82, 2.24) is 5.32 Å². The molecule has 102 valence electrons. The van der Waals surface area contributed by atoms with Crippen LogP contribution in [0.15, 0.2) is 18.2 Å². The average molecular weight is 250 g/mol. The molecular weight excluding hydrogens is 224 g/mol. The number of hydrogen-bond donors (Lipinski definition) is 1. The van der Waals surface area contributed by atoms with Crippen LogP contribution in [0.1, 0.15) is 38.8 Å². The van der Waals surface area contributed by atoms with E-state index in [-0.39, 0.29) is 0 Å². The zero-order valence-electron chi connectivity index (χ0n) is 12.3. The van der Waals surface area contributed by atoms with E-state index in [1.54, 1.807) is 7.11 Å². The van der Waals surface area contributed by atoms with Gasteiger partial charge < -0.3 is 15.0 Å². The lowest BCUT2D eigenvalue weighted by atomic mass is 10.0. The maximum Gasteiger partial charge on any atom is 0.125 e. The number of benzene rings is 1. The van der Waals surface area contributed by atoms with Crippen LogP contribution in [0.2, 0.25) is 0 Å². The van der Waals surface area contributed by atoms with Crippen LogP contribution in [-0.4, -0.2) is 27.2 Å². The molecule has 0 aromatic heterocycles. The van der Waals surface area contributed by atoms with E-state index in [0.717, 1.165) is 25.3 Å². The van der Waals surface area contributed by atoms with Gasteiger partial charge in [-0.25, -0.2) is 0 Å². The van der Waals surface area contributed by atoms with Crippen LogP contribution in [0.25, 0.3) is 0 Å². The minimum Gasteiger partial charge on any atom is -0.496 e. The highest BCUT2D eigenvalue weighted by atomic mass is 16.5. The third kappa shape index (κ3) is 3.39. The number of hydrogen-bond acceptors (Lipinski definition) is 3. The first-order chi connectivity index (χ1) is 8.65. The molecule has 1 unspecified atom stereocenters. The summed E-state index contributed by atoms with van der Waals surface area (Å²) in [5.41, 5.74) is 2.50. The Morgan fingerprint density at radius 1 is 1.33 bits per heavy atom. The number of nitrogens with one attached hydrogen (secondary N) is 1. The topological polar surface area (TPSA) is 24.5 Å². The van der Waals surface area contributed by atoms with E-state index in [2.05, 4.69) is 50.2 Å². The Hall–Kier alpha value is -1.22. The van der Waals surface area contributed by atoms with Crippen molar-refractivity contribution in [3.8, 4) is 5.75 Å². The molecule has 0 saturated heterocycles. The fourth-order valence-corrected chi connectivity index (χ4v) is 2.34. The van der Waals surface area contributed by atoms with E-state index < -0.39 is 0 Å². The Labute approximate surface area is 111 Å². The molecule has 1 N–H and O–H groups in total. The van der Waals surface area contributed by atoms with Gasteiger partial charge in [-0.05, 0) is 32.0 Å². The number of rotatable bonds is 7. The predicted octanol–water partition coefficient (Wildman–Crippen LogP) is 3.21. The van der Waals surface area contributed by atoms with Gasteiger partial charge in [0.1, 0.15) is 5.75 Å². The van der Waals surface area contributed by atoms with Gasteiger partial charge in [0.2, 0.25) is 0 Å². The van der Waals surface area contributed by atoms with Crippen molar-refractivity contribution in [3.63, 3.8) is 0 Å². The van der Waals surface area contributed by atoms with E-state index >= 15 is 0 Å². The summed E-state index contributed by atoms with van der Waals surface area (Å²) < 4.78 is 5.52. The molecule has 1 aromatic carbocycles. The van der Waals surface area contributed by atoms with Gasteiger partial charge in [0.15, 0.2) is 0 Å². The summed E-state index contributed by atoms with van der Waals surface area (Å²) in [5, 5.41) is 3.47. The summed E-state index contributed by atoms with van der Waals surface area (Å²) in [7, 11) is 3.88. The fraction of sp³-hybridized carbons (Fsp3) is 0.600. The lowest BCUT2D eigenvalue weighted by molar-refractivity contribution is 0.402. The number of anilines is 1. The first-order valence-corrected chi connectivity index (χ1v) is 6.77. The largest absolute Gasteiger partial charge is 0.496 e. The lowest BCUT2D eigenvalue weighted by Gasteiger charge is -2.26. The molecule has 1 atom stereocenters. The Bertz CT molecular complexity index is 366. The molecule has 1 aromatic rings. The highest BCUT2D eigenvalue weighted by Gasteiger charge is 2.17. The molecule has 0 heterocycles. The van der Waals surface area contributed by atoms with Crippen molar-refractivity contribution in [1.29, 1.82) is 0 Å². The first kappa shape index (κ1) is 14.8. The van der Waals surface area contributed by atoms with Crippen LogP contribution in [0, 0.1) is 0 Å². The maximum atomic E-state index is 5.52. The minimum absolute atomic E-state index is 0.292. The molecule has 0 radical (unpaired) electrons. The van der Waals surface area contributed by atoms with Gasteiger partial charge in [0, 0.05) is 30.9 Å². The third-order valence-corrected chi connectivity index (χ3v) is 3.18. The van der Waals surface area contributed by atoms with E-state index in [4.69, 9.17) is 4.74 Å². The molecule has 0 fully saturated rings. The van der Waals surface area contributed by atoms with Crippen molar-refractivity contribution in [2.24, 2.45) is 0 Å². The molecule has 0 saturated carbocycles. The van der Waals surface area contributed by atoms with Crippen LogP contribution in [0.4, 0.5) is 5.69 Å². The van der Waals surface area contributed by atoms with Crippen molar-refractivity contribution in [2.75, 3.05) is 32.1 Å². The molecule has 3 heteroatoms. The van der Waals surface area contributed by atoms with Crippen molar-refractivity contribution >= 4 is 5.69 Å². The highest BCUT2D eigenvalue weighted by Crippen LogP contribution is 2.34. The van der Waals surface area contributed by atoms with E-state index in [1.807, 2.05) is 6.07 Å². The summed E-state index contributed by atoms with van der Waals surface area (Å²) in [6.45, 7) is 8.52. The van der Waals surface area contributed by atoms with Crippen molar-refractivity contribution in [3.05, 3.63) is 23.8 Å². The molecule has 0 aliphatic carbocycles. The molecule has 0 spiro atoms. The highest BCUT2D eigenvalue weighted by molar-refractivity contribution is 5.60. The number of nitrogens with zero attached hydrogens (tertiary/aromatic N) is 1. The summed E-state index contributed by atoms with van der Waals surface area (Å²) in [4.78, 5) is 2.30. The second kappa shape index (κ2) is 7.27. The van der Waals surface area contributed by atoms with Gasteiger partial charge in [-0.2, -0.15) is 0 Å². The summed E-state index contributed by atoms with van der Waals surface area (Å²) in [5.74, 6) is 0.962. The van der Waals surface area contributed by atoms with Crippen LogP contribution in [0.5, 0.6) is 5.75 Å². The standard InChI is InChI=1S/C15H26N2O/c1-6-11-17(4)13-9-8-10-14(18-5)15(13)12(3)16-7-2/h8-10,12,16H,6-7,11H2,1-5H3. The smallest absolute Gasteiger partial charge is 0.125 e. The normalized spacial score (nSPS) is 12.3. The zero-order valence-corrected chi connectivity index (χ0v) is 12.3. The van der Waals surface area contributed by atoms with Gasteiger partial charge in [0.05, 0.1) is 7.11 Å². The molecule has 1 rings (SSSR count). The first-order valence-electron chi connectivity index (χ1n) is 6.77. The van der Waals surface area contributed by atoms with E-state index in [9.17, 15) is 0 Å². The van der Waals surface area contributed by atoms with Crippen molar-refractivity contribution in [2.45, 2.75) is 33.2 Å². The Morgan fingerprint density at radius 3 is 2.61 bits per heavy atom. The predicted molar refractivity (Wildman–Crippen MR) is 78.6 cm³/mol. The van der Waals surface area contributed by atoms with Crippen molar-refractivity contribution < 1.29 is 4.74 Å². The second-order valence-electron chi connectivity index (χ2n) is 4.59. The lowest BCUT2D eigenvalue weighted by Crippen LogP contribution is -2.24. The minimum atomic E-state index is 0.292. The molecule has 18 heavy (non-hydrogen) atoms. The van der Waals surface area contributed by atoms with Crippen LogP contribution < -0.4 is 15.0 Å². The van der Waals surface area contributed by atoms with Crippen LogP contribution in [0.3, 0.4) is 0 Å². The molecule has 0 amide bonds. The Morgan fingerprint density at radius 2 is 2.06 bits per heavy atom. The summed E-state index contributed by atoms with van der Waals surface area (Å²) >= 11 is 0. The van der Waals surface area contributed by atoms with Crippen LogP contribution in [-0.2, 0) is 0 Å². The number of methoxy groups -OCH3 is 1. The Balaban J connectivity index is 3.15. The average Bonchev–Trinajstić information content (AvgIpc) is 2.38. The summed E-state index contributed by atoms with van der Waals surface area (Å²) in [6.07, 6.45) is 1.14. The van der Waals surface area contributed by atoms with Gasteiger partial charge >= 0.3 is 0 Å². The Kier molecular flexibility index (Phi) is 5.99. The van der Waals surface area contributed by atoms with E-state index in [1.165, 1.54) is 11.3 Å². The number of ether oxygens (including phenoxy) is 1. The molecule has 0 aliphatic rings. The third-order valence-electron chi connectivity index (χ3n) is 3.18. The molecule has 0 aliphatic heterocycles. The summed E-state index contributed by atoms with van der Waals surface area (Å²) in [6, 6.07) is 6.55. The monoisotopic (exact) mass is 250 g/mol. The fourth-order valence-electron chi connectivity index (χ4n) is 2.34. The maximum absolute atomic E-state index is 5.52. The van der Waals surface area contributed by atoms with Crippen LogP contribution >= 0.6 is 0 Å². The molecular formula is C15H26N2O. The molecule has 0 bridgehead atoms. The second-order valence-corrected chi connectivity index (χ2v) is 4.59. The molecule has 3 nitrogen and oxygen atoms in total. The quantitative estimate of drug-likeness (QED) is 0.804. The van der Waals surface area contributed by atoms with Gasteiger partial charge in [0.25, 0.3) is 0 Å².